The van der Waals surface area contributed by atoms with Crippen molar-refractivity contribution in [3.05, 3.63) is 0 Å². The standard InChI is InChI=1S/C7H13FN2O2.ClH/c8-6-4-9-2-1-5(6)3-10-7(11)12;/h5-6,9-10H,1-4H2,(H,11,12);1H/t5-,6-;/m1./s1. The average molecular weight is 213 g/mol. The Kier molecular flexibility index (Phi) is 5.73. The molecule has 0 radical (unpaired) electrons. The van der Waals surface area contributed by atoms with Gasteiger partial charge in [-0.3, -0.25) is 0 Å². The van der Waals surface area contributed by atoms with E-state index in [2.05, 4.69) is 10.6 Å². The Morgan fingerprint density at radius 1 is 1.69 bits per heavy atom. The topological polar surface area (TPSA) is 61.4 Å². The van der Waals surface area contributed by atoms with Crippen LogP contribution in [0.5, 0.6) is 0 Å². The van der Waals surface area contributed by atoms with E-state index in [0.717, 1.165) is 6.54 Å². The molecule has 1 aliphatic rings. The maximum Gasteiger partial charge on any atom is 0.404 e. The van der Waals surface area contributed by atoms with E-state index in [0.29, 0.717) is 13.0 Å². The summed E-state index contributed by atoms with van der Waals surface area (Å²) in [7, 11) is 0. The smallest absolute Gasteiger partial charge is 0.404 e. The minimum Gasteiger partial charge on any atom is -0.465 e. The number of carbonyl (C=O) groups is 1. The number of alkyl halides is 1. The zero-order valence-corrected chi connectivity index (χ0v) is 7.94. The van der Waals surface area contributed by atoms with E-state index in [1.807, 2.05) is 0 Å². The fourth-order valence-electron chi connectivity index (χ4n) is 1.32. The van der Waals surface area contributed by atoms with Crippen LogP contribution in [0, 0.1) is 5.92 Å². The lowest BCUT2D eigenvalue weighted by molar-refractivity contribution is 0.164. The molecule has 1 saturated heterocycles. The molecule has 1 aliphatic heterocycles. The number of hydrogen-bond acceptors (Lipinski definition) is 2. The fourth-order valence-corrected chi connectivity index (χ4v) is 1.32. The van der Waals surface area contributed by atoms with Crippen molar-refractivity contribution in [2.24, 2.45) is 5.92 Å². The van der Waals surface area contributed by atoms with E-state index < -0.39 is 12.3 Å². The van der Waals surface area contributed by atoms with Crippen molar-refractivity contribution in [1.82, 2.24) is 10.6 Å². The Bertz CT molecular complexity index is 171. The van der Waals surface area contributed by atoms with Gasteiger partial charge in [0.15, 0.2) is 0 Å². The number of piperidine rings is 1. The summed E-state index contributed by atoms with van der Waals surface area (Å²) in [5, 5.41) is 13.4. The van der Waals surface area contributed by atoms with Gasteiger partial charge >= 0.3 is 6.09 Å². The molecule has 1 amide bonds. The number of hydrogen-bond donors (Lipinski definition) is 3. The van der Waals surface area contributed by atoms with Gasteiger partial charge in [-0.05, 0) is 13.0 Å². The summed E-state index contributed by atoms with van der Waals surface area (Å²) in [5.74, 6) is -0.164. The Labute approximate surface area is 82.3 Å². The molecule has 4 nitrogen and oxygen atoms in total. The van der Waals surface area contributed by atoms with E-state index >= 15 is 0 Å². The molecule has 0 aromatic carbocycles. The van der Waals surface area contributed by atoms with Crippen molar-refractivity contribution >= 4 is 18.5 Å². The predicted molar refractivity (Wildman–Crippen MR) is 49.1 cm³/mol. The van der Waals surface area contributed by atoms with E-state index in [1.165, 1.54) is 0 Å². The van der Waals surface area contributed by atoms with Crippen LogP contribution in [-0.4, -0.2) is 37.0 Å². The highest BCUT2D eigenvalue weighted by Crippen LogP contribution is 2.14. The third kappa shape index (κ3) is 4.28. The van der Waals surface area contributed by atoms with Crippen LogP contribution in [0.25, 0.3) is 0 Å². The predicted octanol–water partition coefficient (Wildman–Crippen LogP) is 0.623. The highest BCUT2D eigenvalue weighted by atomic mass is 35.5. The second kappa shape index (κ2) is 5.99. The van der Waals surface area contributed by atoms with Crippen molar-refractivity contribution in [3.63, 3.8) is 0 Å². The van der Waals surface area contributed by atoms with Gasteiger partial charge in [0.1, 0.15) is 6.17 Å². The maximum atomic E-state index is 13.0. The first-order chi connectivity index (χ1) is 5.70. The van der Waals surface area contributed by atoms with E-state index in [4.69, 9.17) is 5.11 Å². The Hall–Kier alpha value is -0.550. The Morgan fingerprint density at radius 3 is 2.92 bits per heavy atom. The highest BCUT2D eigenvalue weighted by Gasteiger charge is 2.24. The highest BCUT2D eigenvalue weighted by molar-refractivity contribution is 5.85. The van der Waals surface area contributed by atoms with Crippen LogP contribution in [0.15, 0.2) is 0 Å². The molecule has 0 bridgehead atoms. The van der Waals surface area contributed by atoms with Gasteiger partial charge in [-0.2, -0.15) is 0 Å². The van der Waals surface area contributed by atoms with Crippen LogP contribution in [0.2, 0.25) is 0 Å². The quantitative estimate of drug-likeness (QED) is 0.629. The largest absolute Gasteiger partial charge is 0.465 e. The number of rotatable bonds is 2. The van der Waals surface area contributed by atoms with E-state index in [1.54, 1.807) is 0 Å². The van der Waals surface area contributed by atoms with Gasteiger partial charge in [-0.1, -0.05) is 0 Å². The molecule has 0 aromatic heterocycles. The third-order valence-corrected chi connectivity index (χ3v) is 2.06. The first kappa shape index (κ1) is 12.4. The van der Waals surface area contributed by atoms with Crippen molar-refractivity contribution in [1.29, 1.82) is 0 Å². The lowest BCUT2D eigenvalue weighted by atomic mass is 9.96. The second-order valence-corrected chi connectivity index (χ2v) is 2.95. The first-order valence-electron chi connectivity index (χ1n) is 4.01. The van der Waals surface area contributed by atoms with Crippen molar-refractivity contribution < 1.29 is 14.3 Å². The minimum atomic E-state index is -1.08. The van der Waals surface area contributed by atoms with Gasteiger partial charge in [-0.15, -0.1) is 12.4 Å². The minimum absolute atomic E-state index is 0. The van der Waals surface area contributed by atoms with Crippen molar-refractivity contribution in [2.45, 2.75) is 12.6 Å². The molecule has 13 heavy (non-hydrogen) atoms. The summed E-state index contributed by atoms with van der Waals surface area (Å²) in [6.45, 7) is 1.33. The SMILES string of the molecule is Cl.O=C(O)NC[C@H]1CCNC[C@H]1F. The summed E-state index contributed by atoms with van der Waals surface area (Å²) < 4.78 is 13.0. The van der Waals surface area contributed by atoms with Crippen LogP contribution >= 0.6 is 12.4 Å². The van der Waals surface area contributed by atoms with E-state index in [9.17, 15) is 9.18 Å². The molecule has 0 unspecified atom stereocenters. The van der Waals surface area contributed by atoms with Crippen LogP contribution in [0.3, 0.4) is 0 Å². The van der Waals surface area contributed by atoms with Crippen LogP contribution < -0.4 is 10.6 Å². The van der Waals surface area contributed by atoms with Crippen LogP contribution in [0.4, 0.5) is 9.18 Å². The van der Waals surface area contributed by atoms with Crippen LogP contribution in [-0.2, 0) is 0 Å². The zero-order valence-electron chi connectivity index (χ0n) is 7.12. The fraction of sp³-hybridized carbons (Fsp3) is 0.857. The van der Waals surface area contributed by atoms with Gasteiger partial charge in [0.05, 0.1) is 0 Å². The molecule has 0 aliphatic carbocycles. The molecule has 0 spiro atoms. The third-order valence-electron chi connectivity index (χ3n) is 2.06. The first-order valence-corrected chi connectivity index (χ1v) is 4.01. The Morgan fingerprint density at radius 2 is 2.38 bits per heavy atom. The number of nitrogens with one attached hydrogen (secondary N) is 2. The number of amides is 1. The van der Waals surface area contributed by atoms with Gasteiger partial charge in [-0.25, -0.2) is 9.18 Å². The molecule has 1 fully saturated rings. The van der Waals surface area contributed by atoms with Gasteiger partial charge < -0.3 is 15.7 Å². The number of carboxylic acid groups (broad SMARTS) is 1. The summed E-state index contributed by atoms with van der Waals surface area (Å²) in [6.07, 6.45) is -1.31. The lowest BCUT2D eigenvalue weighted by Gasteiger charge is -2.26. The molecule has 78 valence electrons. The molecule has 0 saturated carbocycles. The van der Waals surface area contributed by atoms with Crippen molar-refractivity contribution in [3.8, 4) is 0 Å². The van der Waals surface area contributed by atoms with Crippen molar-refractivity contribution in [2.75, 3.05) is 19.6 Å². The molecular formula is C7H14ClFN2O2. The molecule has 6 heteroatoms. The van der Waals surface area contributed by atoms with Gasteiger partial charge in [0.2, 0.25) is 0 Å². The molecule has 1 rings (SSSR count). The summed E-state index contributed by atoms with van der Waals surface area (Å²) >= 11 is 0. The molecule has 0 aromatic rings. The van der Waals surface area contributed by atoms with Gasteiger partial charge in [0.25, 0.3) is 0 Å². The molecule has 2 atom stereocenters. The average Bonchev–Trinajstić information content (AvgIpc) is 2.03. The lowest BCUT2D eigenvalue weighted by Crippen LogP contribution is -2.43. The second-order valence-electron chi connectivity index (χ2n) is 2.95. The summed E-state index contributed by atoms with van der Waals surface area (Å²) in [4.78, 5) is 10.1. The van der Waals surface area contributed by atoms with Crippen LogP contribution in [0.1, 0.15) is 6.42 Å². The maximum absolute atomic E-state index is 13.0. The normalized spacial score (nSPS) is 27.5. The van der Waals surface area contributed by atoms with E-state index in [-0.39, 0.29) is 24.9 Å². The molecule has 3 N–H and O–H groups in total. The molecular weight excluding hydrogens is 199 g/mol. The molecule has 1 heterocycles. The summed E-state index contributed by atoms with van der Waals surface area (Å²) in [6, 6.07) is 0. The zero-order chi connectivity index (χ0) is 8.97. The number of halogens is 2. The Balaban J connectivity index is 0.00000144. The van der Waals surface area contributed by atoms with Gasteiger partial charge in [0, 0.05) is 19.0 Å². The summed E-state index contributed by atoms with van der Waals surface area (Å²) in [5.41, 5.74) is 0. The monoisotopic (exact) mass is 212 g/mol.